The van der Waals surface area contributed by atoms with Crippen molar-refractivity contribution in [2.75, 3.05) is 32.8 Å². The third-order valence-electron chi connectivity index (χ3n) is 5.16. The molecule has 1 unspecified atom stereocenters. The highest BCUT2D eigenvalue weighted by Crippen LogP contribution is 2.22. The molecule has 2 heterocycles. The van der Waals surface area contributed by atoms with E-state index < -0.39 is 21.1 Å². The molecule has 1 amide bonds. The first kappa shape index (κ1) is 21.1. The third-order valence-corrected chi connectivity index (χ3v) is 7.36. The number of hydrogen-bond donors (Lipinski definition) is 0. The van der Waals surface area contributed by atoms with E-state index in [0.29, 0.717) is 5.75 Å². The number of piperazine rings is 1. The first-order chi connectivity index (χ1) is 14.9. The molecule has 2 aliphatic rings. The normalized spacial score (nSPS) is 19.8. The van der Waals surface area contributed by atoms with Gasteiger partial charge in [-0.1, -0.05) is 6.08 Å². The molecule has 1 fully saturated rings. The fourth-order valence-corrected chi connectivity index (χ4v) is 5.06. The number of benzene rings is 1. The molecule has 1 aromatic heterocycles. The van der Waals surface area contributed by atoms with Crippen LogP contribution in [0.25, 0.3) is 5.69 Å². The van der Waals surface area contributed by atoms with Gasteiger partial charge in [0.1, 0.15) is 17.9 Å². The number of sulfonamides is 1. The molecule has 1 aromatic carbocycles. The number of carbonyl (C=O) groups excluding carboxylic acids is 1. The number of amides is 1. The maximum atomic E-state index is 13.1. The number of tetrazole rings is 1. The van der Waals surface area contributed by atoms with Crippen molar-refractivity contribution in [1.29, 1.82) is 0 Å². The Kier molecular flexibility index (Phi) is 6.09. The summed E-state index contributed by atoms with van der Waals surface area (Å²) >= 11 is 0. The van der Waals surface area contributed by atoms with Crippen molar-refractivity contribution in [2.24, 2.45) is 0 Å². The van der Waals surface area contributed by atoms with Crippen LogP contribution in [0.15, 0.2) is 54.6 Å². The molecule has 31 heavy (non-hydrogen) atoms. The molecule has 1 aliphatic carbocycles. The lowest BCUT2D eigenvalue weighted by molar-refractivity contribution is -0.134. The van der Waals surface area contributed by atoms with Crippen molar-refractivity contribution in [2.45, 2.75) is 11.7 Å². The lowest BCUT2D eigenvalue weighted by Gasteiger charge is -2.35. The van der Waals surface area contributed by atoms with Crippen LogP contribution in [0.2, 0.25) is 0 Å². The summed E-state index contributed by atoms with van der Waals surface area (Å²) in [6.07, 6.45) is 5.41. The molecule has 10 nitrogen and oxygen atoms in total. The van der Waals surface area contributed by atoms with E-state index in [-0.39, 0.29) is 45.1 Å². The molecule has 0 spiro atoms. The average molecular weight is 448 g/mol. The Morgan fingerprint density at radius 1 is 1.16 bits per heavy atom. The lowest BCUT2D eigenvalue weighted by atomic mass is 10.2. The van der Waals surface area contributed by atoms with Crippen molar-refractivity contribution < 1.29 is 22.3 Å². The van der Waals surface area contributed by atoms with Crippen molar-refractivity contribution >= 4 is 15.9 Å². The van der Waals surface area contributed by atoms with E-state index in [2.05, 4.69) is 15.5 Å². The Morgan fingerprint density at radius 2 is 1.90 bits per heavy atom. The quantitative estimate of drug-likeness (QED) is 0.640. The maximum Gasteiger partial charge on any atom is 0.260 e. The van der Waals surface area contributed by atoms with Crippen molar-refractivity contribution in [1.82, 2.24) is 29.4 Å². The molecule has 2 aromatic rings. The zero-order valence-corrected chi connectivity index (χ0v) is 17.4. The van der Waals surface area contributed by atoms with E-state index in [1.807, 2.05) is 0 Å². The minimum Gasteiger partial charge on any atom is -0.484 e. The highest BCUT2D eigenvalue weighted by molar-refractivity contribution is 7.89. The zero-order chi connectivity index (χ0) is 21.8. The van der Waals surface area contributed by atoms with Crippen LogP contribution in [-0.2, 0) is 14.8 Å². The summed E-state index contributed by atoms with van der Waals surface area (Å²) in [4.78, 5) is 14.0. The first-order valence-electron chi connectivity index (χ1n) is 9.70. The number of halogens is 1. The molecule has 0 bridgehead atoms. The maximum absolute atomic E-state index is 13.1. The minimum absolute atomic E-state index is 0.115. The van der Waals surface area contributed by atoms with E-state index >= 15 is 0 Å². The van der Waals surface area contributed by atoms with Crippen LogP contribution in [0.1, 0.15) is 6.42 Å². The summed E-state index contributed by atoms with van der Waals surface area (Å²) in [7, 11) is -3.59. The molecule has 1 atom stereocenters. The Labute approximate surface area is 178 Å². The smallest absolute Gasteiger partial charge is 0.260 e. The standard InChI is InChI=1S/C19H21FN6O4S/c20-15-1-7-18(8-2-15)31(28,29)25-11-9-24(10-12-25)19(27)13-30-17-5-3-16(4-6-17)26-14-21-22-23-26/h1-7,14,18H,8-13H2. The molecule has 164 valence electrons. The van der Waals surface area contributed by atoms with E-state index in [1.54, 1.807) is 29.2 Å². The van der Waals surface area contributed by atoms with E-state index in [9.17, 15) is 17.6 Å². The van der Waals surface area contributed by atoms with Crippen molar-refractivity contribution in [3.05, 3.63) is 54.6 Å². The van der Waals surface area contributed by atoms with Gasteiger partial charge in [0.15, 0.2) is 6.61 Å². The van der Waals surface area contributed by atoms with Gasteiger partial charge in [0.05, 0.1) is 10.9 Å². The van der Waals surface area contributed by atoms with Crippen molar-refractivity contribution in [3.8, 4) is 11.4 Å². The molecule has 4 rings (SSSR count). The monoisotopic (exact) mass is 448 g/mol. The molecule has 0 radical (unpaired) electrons. The fraction of sp³-hybridized carbons (Fsp3) is 0.368. The number of carbonyl (C=O) groups is 1. The van der Waals surface area contributed by atoms with Gasteiger partial charge in [-0.15, -0.1) is 5.10 Å². The van der Waals surface area contributed by atoms with Gasteiger partial charge < -0.3 is 9.64 Å². The number of ether oxygens (including phenoxy) is 1. The summed E-state index contributed by atoms with van der Waals surface area (Å²) < 4.78 is 47.0. The fourth-order valence-electron chi connectivity index (χ4n) is 3.39. The van der Waals surface area contributed by atoms with Gasteiger partial charge in [0, 0.05) is 26.2 Å². The summed E-state index contributed by atoms with van der Waals surface area (Å²) in [5.74, 6) is -0.119. The molecule has 1 saturated heterocycles. The Hall–Kier alpha value is -3.12. The molecule has 1 aliphatic heterocycles. The number of hydrogen-bond acceptors (Lipinski definition) is 7. The number of rotatable bonds is 6. The van der Waals surface area contributed by atoms with Gasteiger partial charge in [-0.3, -0.25) is 4.79 Å². The zero-order valence-electron chi connectivity index (χ0n) is 16.5. The largest absolute Gasteiger partial charge is 0.484 e. The number of aromatic nitrogens is 4. The molecular weight excluding hydrogens is 427 g/mol. The second-order valence-electron chi connectivity index (χ2n) is 7.08. The second kappa shape index (κ2) is 8.94. The van der Waals surface area contributed by atoms with Gasteiger partial charge in [-0.25, -0.2) is 17.5 Å². The van der Waals surface area contributed by atoms with Crippen LogP contribution >= 0.6 is 0 Å². The van der Waals surface area contributed by atoms with Crippen LogP contribution in [0.4, 0.5) is 4.39 Å². The van der Waals surface area contributed by atoms with Gasteiger partial charge in [0.25, 0.3) is 5.91 Å². The summed E-state index contributed by atoms with van der Waals surface area (Å²) in [6.45, 7) is 0.809. The highest BCUT2D eigenvalue weighted by Gasteiger charge is 2.34. The van der Waals surface area contributed by atoms with E-state index in [1.165, 1.54) is 33.5 Å². The number of nitrogens with zero attached hydrogens (tertiary/aromatic N) is 6. The Balaban J connectivity index is 1.26. The first-order valence-corrected chi connectivity index (χ1v) is 11.2. The summed E-state index contributed by atoms with van der Waals surface area (Å²) in [5.41, 5.74) is 0.757. The van der Waals surface area contributed by atoms with E-state index in [4.69, 9.17) is 4.74 Å². The van der Waals surface area contributed by atoms with Crippen molar-refractivity contribution in [3.63, 3.8) is 0 Å². The Morgan fingerprint density at radius 3 is 2.52 bits per heavy atom. The second-order valence-corrected chi connectivity index (χ2v) is 9.24. The van der Waals surface area contributed by atoms with Crippen LogP contribution in [0.5, 0.6) is 5.75 Å². The van der Waals surface area contributed by atoms with Crippen LogP contribution in [0, 0.1) is 0 Å². The lowest BCUT2D eigenvalue weighted by Crippen LogP contribution is -2.53. The predicted octanol–water partition coefficient (Wildman–Crippen LogP) is 0.697. The van der Waals surface area contributed by atoms with Gasteiger partial charge >= 0.3 is 0 Å². The molecular formula is C19H21FN6O4S. The molecule has 0 N–H and O–H groups in total. The van der Waals surface area contributed by atoms with Crippen LogP contribution < -0.4 is 4.74 Å². The average Bonchev–Trinajstić information content (AvgIpc) is 3.33. The van der Waals surface area contributed by atoms with Gasteiger partial charge in [-0.2, -0.15) is 4.31 Å². The van der Waals surface area contributed by atoms with Crippen LogP contribution in [-0.4, -0.2) is 81.8 Å². The molecule has 12 heteroatoms. The highest BCUT2D eigenvalue weighted by atomic mass is 32.2. The SMILES string of the molecule is O=C(COc1ccc(-n2cnnn2)cc1)N1CCN(S(=O)(=O)C2C=CC(F)=CC2)CC1. The van der Waals surface area contributed by atoms with Crippen LogP contribution in [0.3, 0.4) is 0 Å². The summed E-state index contributed by atoms with van der Waals surface area (Å²) in [6, 6.07) is 6.95. The topological polar surface area (TPSA) is 111 Å². The Bertz CT molecular complexity index is 1080. The third kappa shape index (κ3) is 4.80. The van der Waals surface area contributed by atoms with Gasteiger partial charge in [0.2, 0.25) is 10.0 Å². The van der Waals surface area contributed by atoms with E-state index in [0.717, 1.165) is 5.69 Å². The summed E-state index contributed by atoms with van der Waals surface area (Å²) in [5, 5.41) is 10.2. The van der Waals surface area contributed by atoms with Gasteiger partial charge in [-0.05, 0) is 53.3 Å². The number of allylic oxidation sites excluding steroid dienone is 3. The predicted molar refractivity (Wildman–Crippen MR) is 108 cm³/mol. The minimum atomic E-state index is -3.59. The molecule has 0 saturated carbocycles.